The largest absolute Gasteiger partial charge is 0.294 e. The number of allylic oxidation sites excluding steroid dienone is 1. The lowest BCUT2D eigenvalue weighted by atomic mass is 9.68. The summed E-state index contributed by atoms with van der Waals surface area (Å²) in [5, 5.41) is 0. The van der Waals surface area contributed by atoms with Gasteiger partial charge in [-0.1, -0.05) is 35.9 Å². The van der Waals surface area contributed by atoms with Gasteiger partial charge in [0, 0.05) is 5.41 Å². The Morgan fingerprint density at radius 1 is 1.60 bits per heavy atom. The van der Waals surface area contributed by atoms with Gasteiger partial charge in [-0.25, -0.2) is 0 Å². The second-order valence-electron chi connectivity index (χ2n) is 3.07. The Kier molecular flexibility index (Phi) is 2.50. The van der Waals surface area contributed by atoms with Crippen LogP contribution in [0.2, 0.25) is 0 Å². The van der Waals surface area contributed by atoms with Gasteiger partial charge < -0.3 is 0 Å². The molecule has 0 unspecified atom stereocenters. The van der Waals surface area contributed by atoms with Crippen molar-refractivity contribution in [2.45, 2.75) is 26.2 Å². The van der Waals surface area contributed by atoms with Crippen LogP contribution in [-0.2, 0) is 4.79 Å². The third-order valence-electron chi connectivity index (χ3n) is 2.27. The molecule has 0 aromatic carbocycles. The zero-order valence-corrected chi connectivity index (χ0v) is 8.22. The Hall–Kier alpha value is 0.140. The van der Waals surface area contributed by atoms with E-state index in [9.17, 15) is 4.79 Å². The van der Waals surface area contributed by atoms with E-state index in [4.69, 9.17) is 0 Å². The van der Waals surface area contributed by atoms with Crippen molar-refractivity contribution in [3.63, 3.8) is 0 Å². The van der Waals surface area contributed by atoms with E-state index in [1.54, 1.807) is 10.2 Å². The third kappa shape index (κ3) is 1.41. The Morgan fingerprint density at radius 3 is 2.50 bits per heavy atom. The number of carbonyl (C=O) groups excluding carboxylic acids is 1. The molecule has 1 saturated carbocycles. The van der Waals surface area contributed by atoms with Crippen molar-refractivity contribution in [2.75, 3.05) is 0 Å². The van der Waals surface area contributed by atoms with Gasteiger partial charge in [0.15, 0.2) is 5.78 Å². The molecule has 1 aliphatic rings. The van der Waals surface area contributed by atoms with Gasteiger partial charge in [0.1, 0.15) is 0 Å². The summed E-state index contributed by atoms with van der Waals surface area (Å²) in [5.41, 5.74) is 0.00166. The number of rotatable bonds is 2. The Labute approximate surface area is 75.0 Å². The van der Waals surface area contributed by atoms with Crippen LogP contribution in [-0.4, -0.2) is 5.78 Å². The summed E-state index contributed by atoms with van der Waals surface area (Å²) < 4.78 is 1.80. The van der Waals surface area contributed by atoms with Gasteiger partial charge in [0.05, 0.1) is 0 Å². The van der Waals surface area contributed by atoms with E-state index in [0.29, 0.717) is 5.78 Å². The first-order valence-corrected chi connectivity index (χ1v) is 4.75. The summed E-state index contributed by atoms with van der Waals surface area (Å²) in [7, 11) is 0. The van der Waals surface area contributed by atoms with E-state index in [1.807, 2.05) is 0 Å². The molecular formula is C8H11IO. The monoisotopic (exact) mass is 250 g/mol. The van der Waals surface area contributed by atoms with Crippen LogP contribution in [0.25, 0.3) is 0 Å². The summed E-state index contributed by atoms with van der Waals surface area (Å²) in [5.74, 6) is 0.299. The molecule has 1 rings (SSSR count). The van der Waals surface area contributed by atoms with E-state index >= 15 is 0 Å². The molecule has 0 spiro atoms. The van der Waals surface area contributed by atoms with E-state index in [2.05, 4.69) is 29.5 Å². The van der Waals surface area contributed by atoms with Crippen LogP contribution in [0.4, 0.5) is 0 Å². The number of carbonyl (C=O) groups is 1. The molecule has 0 bridgehead atoms. The lowest BCUT2D eigenvalue weighted by molar-refractivity contribution is -0.127. The zero-order valence-electron chi connectivity index (χ0n) is 6.06. The lowest BCUT2D eigenvalue weighted by Crippen LogP contribution is -2.33. The first kappa shape index (κ1) is 8.24. The van der Waals surface area contributed by atoms with Crippen LogP contribution >= 0.6 is 22.6 Å². The van der Waals surface area contributed by atoms with E-state index in [1.165, 1.54) is 6.42 Å². The van der Waals surface area contributed by atoms with Crippen LogP contribution in [0.3, 0.4) is 0 Å². The molecule has 0 N–H and O–H groups in total. The lowest BCUT2D eigenvalue weighted by Gasteiger charge is -2.35. The van der Waals surface area contributed by atoms with E-state index in [-0.39, 0.29) is 5.41 Å². The van der Waals surface area contributed by atoms with Gasteiger partial charge in [0.2, 0.25) is 0 Å². The van der Waals surface area contributed by atoms with Gasteiger partial charge in [-0.2, -0.15) is 0 Å². The zero-order chi connectivity index (χ0) is 7.61. The van der Waals surface area contributed by atoms with Crippen molar-refractivity contribution in [3.05, 3.63) is 10.2 Å². The Balaban J connectivity index is 2.55. The minimum Gasteiger partial charge on any atom is -0.294 e. The molecule has 56 valence electrons. The summed E-state index contributed by atoms with van der Waals surface area (Å²) in [4.78, 5) is 11.3. The first-order valence-electron chi connectivity index (χ1n) is 3.50. The number of halogens is 1. The molecule has 1 fully saturated rings. The molecule has 0 heterocycles. The minimum atomic E-state index is 0.00166. The van der Waals surface area contributed by atoms with Gasteiger partial charge in [-0.15, -0.1) is 0 Å². The molecular weight excluding hydrogens is 239 g/mol. The van der Waals surface area contributed by atoms with Crippen LogP contribution in [0.1, 0.15) is 26.2 Å². The average molecular weight is 250 g/mol. The number of ketones is 1. The van der Waals surface area contributed by atoms with Gasteiger partial charge in [-0.3, -0.25) is 4.79 Å². The number of hydrogen-bond donors (Lipinski definition) is 0. The molecule has 0 amide bonds. The third-order valence-corrected chi connectivity index (χ3v) is 2.63. The maximum absolute atomic E-state index is 11.3. The van der Waals surface area contributed by atoms with Gasteiger partial charge in [-0.05, 0) is 23.0 Å². The molecule has 0 atom stereocenters. The van der Waals surface area contributed by atoms with Crippen molar-refractivity contribution < 1.29 is 4.79 Å². The normalized spacial score (nSPS) is 22.6. The summed E-state index contributed by atoms with van der Waals surface area (Å²) >= 11 is 2.08. The maximum Gasteiger partial charge on any atom is 0.161 e. The highest BCUT2D eigenvalue weighted by Gasteiger charge is 2.37. The Bertz CT molecular complexity index is 168. The van der Waals surface area contributed by atoms with E-state index in [0.717, 1.165) is 12.8 Å². The van der Waals surface area contributed by atoms with E-state index < -0.39 is 0 Å². The average Bonchev–Trinajstić information content (AvgIpc) is 1.83. The van der Waals surface area contributed by atoms with Crippen LogP contribution < -0.4 is 0 Å². The van der Waals surface area contributed by atoms with Gasteiger partial charge >= 0.3 is 0 Å². The predicted molar refractivity (Wildman–Crippen MR) is 50.1 cm³/mol. The van der Waals surface area contributed by atoms with Crippen molar-refractivity contribution in [1.29, 1.82) is 0 Å². The highest BCUT2D eigenvalue weighted by molar-refractivity contribution is 14.1. The minimum absolute atomic E-state index is 0.00166. The van der Waals surface area contributed by atoms with Crippen molar-refractivity contribution >= 4 is 28.4 Å². The Morgan fingerprint density at radius 2 is 2.20 bits per heavy atom. The van der Waals surface area contributed by atoms with Crippen molar-refractivity contribution in [3.8, 4) is 0 Å². The molecule has 0 aromatic rings. The molecule has 0 radical (unpaired) electrons. The summed E-state index contributed by atoms with van der Waals surface area (Å²) in [6.07, 6.45) is 5.05. The fraction of sp³-hybridized carbons (Fsp3) is 0.625. The first-order chi connectivity index (χ1) is 4.69. The predicted octanol–water partition coefficient (Wildman–Crippen LogP) is 2.69. The molecule has 2 heteroatoms. The standard InChI is InChI=1S/C8H11IO/c1-8(4-2-5-8)7(10)3-6-9/h3,6H,2,4-5H2,1H3. The molecule has 1 nitrogen and oxygen atoms in total. The van der Waals surface area contributed by atoms with Crippen LogP contribution in [0.15, 0.2) is 10.2 Å². The maximum atomic E-state index is 11.3. The van der Waals surface area contributed by atoms with Crippen molar-refractivity contribution in [2.24, 2.45) is 5.41 Å². The van der Waals surface area contributed by atoms with Crippen molar-refractivity contribution in [1.82, 2.24) is 0 Å². The van der Waals surface area contributed by atoms with Gasteiger partial charge in [0.25, 0.3) is 0 Å². The summed E-state index contributed by atoms with van der Waals surface area (Å²) in [6.45, 7) is 2.05. The fourth-order valence-corrected chi connectivity index (χ4v) is 1.54. The molecule has 0 aromatic heterocycles. The quantitative estimate of drug-likeness (QED) is 0.544. The smallest absolute Gasteiger partial charge is 0.161 e. The topological polar surface area (TPSA) is 17.1 Å². The van der Waals surface area contributed by atoms with Crippen LogP contribution in [0, 0.1) is 5.41 Å². The van der Waals surface area contributed by atoms with Crippen LogP contribution in [0.5, 0.6) is 0 Å². The highest BCUT2D eigenvalue weighted by Crippen LogP contribution is 2.41. The highest BCUT2D eigenvalue weighted by atomic mass is 127. The second kappa shape index (κ2) is 3.03. The fourth-order valence-electron chi connectivity index (χ4n) is 1.21. The summed E-state index contributed by atoms with van der Waals surface area (Å²) in [6, 6.07) is 0. The second-order valence-corrected chi connectivity index (χ2v) is 3.79. The SMILES string of the molecule is CC1(C(=O)C=CI)CCC1. The molecule has 10 heavy (non-hydrogen) atoms. The number of hydrogen-bond acceptors (Lipinski definition) is 1. The molecule has 0 aliphatic heterocycles. The molecule has 0 saturated heterocycles. The molecule has 1 aliphatic carbocycles.